The first kappa shape index (κ1) is 43.8. The van der Waals surface area contributed by atoms with E-state index in [-0.39, 0.29) is 41.7 Å². The van der Waals surface area contributed by atoms with Crippen LogP contribution >= 0.6 is 22.9 Å². The summed E-state index contributed by atoms with van der Waals surface area (Å²) in [5.74, 6) is -0.174. The molecule has 10 rings (SSSR count). The number of halogens is 3. The molecule has 7 aromatic rings. The lowest BCUT2D eigenvalue weighted by Crippen LogP contribution is -2.49. The van der Waals surface area contributed by atoms with Crippen LogP contribution in [0.4, 0.5) is 8.78 Å². The third kappa shape index (κ3) is 9.38. The molecule has 1 fully saturated rings. The number of piperazine rings is 1. The molecule has 1 saturated heterocycles. The van der Waals surface area contributed by atoms with Crippen LogP contribution in [0.3, 0.4) is 0 Å². The van der Waals surface area contributed by atoms with Gasteiger partial charge in [0.05, 0.1) is 23.1 Å². The second kappa shape index (κ2) is 18.9. The second-order valence-corrected chi connectivity index (χ2v) is 17.1. The first-order chi connectivity index (χ1) is 31.5. The number of rotatable bonds is 9. The zero-order chi connectivity index (χ0) is 45.2. The van der Waals surface area contributed by atoms with Gasteiger partial charge in [-0.15, -0.1) is 11.3 Å². The van der Waals surface area contributed by atoms with Crippen molar-refractivity contribution in [3.8, 4) is 61.8 Å². The number of carbonyl (C=O) groups is 1. The summed E-state index contributed by atoms with van der Waals surface area (Å²) in [6, 6.07) is 23.0. The van der Waals surface area contributed by atoms with E-state index >= 15 is 4.39 Å². The Labute approximate surface area is 382 Å². The molecule has 6 heterocycles. The average molecular weight is 921 g/mol. The number of methoxy groups -OCH3 is 1. The number of nitrogens with zero attached hydrogens (tertiary/aromatic N) is 6. The number of likely N-dealkylation sites (N-methyl/N-ethyl adjacent to an activating group) is 1. The topological polar surface area (TPSA) is 141 Å². The lowest BCUT2D eigenvalue weighted by molar-refractivity contribution is -0.145. The van der Waals surface area contributed by atoms with Crippen LogP contribution in [0.2, 0.25) is 5.02 Å². The van der Waals surface area contributed by atoms with Gasteiger partial charge in [0.1, 0.15) is 58.4 Å². The normalized spacial score (nSPS) is 17.4. The van der Waals surface area contributed by atoms with E-state index in [0.717, 1.165) is 26.2 Å². The van der Waals surface area contributed by atoms with Crippen molar-refractivity contribution in [3.63, 3.8) is 0 Å². The Morgan fingerprint density at radius 1 is 0.969 bits per heavy atom. The molecule has 17 heteroatoms. The largest absolute Gasteiger partial charge is 0.496 e. The highest BCUT2D eigenvalue weighted by Gasteiger charge is 2.30. The van der Waals surface area contributed by atoms with Gasteiger partial charge in [0, 0.05) is 61.3 Å². The van der Waals surface area contributed by atoms with Crippen LogP contribution < -0.4 is 23.7 Å². The van der Waals surface area contributed by atoms with Gasteiger partial charge in [0.25, 0.3) is 6.36 Å². The van der Waals surface area contributed by atoms with E-state index in [1.54, 1.807) is 54.6 Å². The zero-order valence-corrected chi connectivity index (χ0v) is 37.1. The molecule has 13 nitrogen and oxygen atoms in total. The number of thiophene rings is 1. The smallest absolute Gasteiger partial charge is 0.345 e. The molecular weight excluding hydrogens is 878 g/mol. The number of alkyl halides is 1. The highest BCUT2D eigenvalue weighted by atomic mass is 35.5. The van der Waals surface area contributed by atoms with Crippen LogP contribution in [0, 0.1) is 12.7 Å². The average Bonchev–Trinajstić information content (AvgIpc) is 3.71. The molecule has 334 valence electrons. The van der Waals surface area contributed by atoms with Crippen LogP contribution in [0.15, 0.2) is 97.5 Å². The number of carboxylic acid groups (broad SMARTS) is 1. The van der Waals surface area contributed by atoms with E-state index in [4.69, 9.17) is 35.3 Å². The molecule has 0 aliphatic carbocycles. The van der Waals surface area contributed by atoms with Gasteiger partial charge in [0.2, 0.25) is 12.0 Å². The highest BCUT2D eigenvalue weighted by Crippen LogP contribution is 2.50. The van der Waals surface area contributed by atoms with Gasteiger partial charge in [-0.2, -0.15) is 4.39 Å². The molecule has 0 spiro atoms. The van der Waals surface area contributed by atoms with Crippen molar-refractivity contribution in [2.24, 2.45) is 0 Å². The number of fused-ring (bicyclic) bond motifs is 7. The van der Waals surface area contributed by atoms with Crippen LogP contribution in [0.5, 0.6) is 28.9 Å². The second-order valence-electron chi connectivity index (χ2n) is 15.7. The quantitative estimate of drug-likeness (QED) is 0.147. The summed E-state index contributed by atoms with van der Waals surface area (Å²) in [6.45, 7) is 5.92. The Morgan fingerprint density at radius 2 is 1.77 bits per heavy atom. The Morgan fingerprint density at radius 3 is 2.55 bits per heavy atom. The lowest BCUT2D eigenvalue weighted by Gasteiger charge is -2.34. The van der Waals surface area contributed by atoms with Crippen molar-refractivity contribution in [1.29, 1.82) is 0 Å². The summed E-state index contributed by atoms with van der Waals surface area (Å²) in [4.78, 5) is 36.9. The van der Waals surface area contributed by atoms with E-state index in [2.05, 4.69) is 36.8 Å². The minimum Gasteiger partial charge on any atom is -0.496 e. The maximum Gasteiger partial charge on any atom is 0.345 e. The molecule has 4 bridgehead atoms. The van der Waals surface area contributed by atoms with Crippen molar-refractivity contribution in [1.82, 2.24) is 29.7 Å². The number of aromatic nitrogens is 4. The maximum atomic E-state index is 16.4. The van der Waals surface area contributed by atoms with Crippen molar-refractivity contribution in [2.75, 3.05) is 53.5 Å². The number of ether oxygens (including phenoxy) is 5. The van der Waals surface area contributed by atoms with Gasteiger partial charge < -0.3 is 33.7 Å². The zero-order valence-electron chi connectivity index (χ0n) is 35.5. The van der Waals surface area contributed by atoms with Crippen molar-refractivity contribution in [3.05, 3.63) is 125 Å². The predicted octanol–water partition coefficient (Wildman–Crippen LogP) is 9.10. The van der Waals surface area contributed by atoms with E-state index in [1.165, 1.54) is 55.2 Å². The molecule has 4 aromatic carbocycles. The maximum absolute atomic E-state index is 16.4. The number of benzene rings is 4. The first-order valence-electron chi connectivity index (χ1n) is 20.9. The lowest BCUT2D eigenvalue weighted by atomic mass is 9.96. The number of hydrogen-bond donors (Lipinski definition) is 1. The predicted molar refractivity (Wildman–Crippen MR) is 243 cm³/mol. The molecule has 0 amide bonds. The summed E-state index contributed by atoms with van der Waals surface area (Å²) in [5.41, 5.74) is 3.43. The molecule has 3 atom stereocenters. The van der Waals surface area contributed by atoms with Gasteiger partial charge in [-0.25, -0.2) is 29.1 Å². The van der Waals surface area contributed by atoms with Crippen LogP contribution in [0.1, 0.15) is 23.2 Å². The van der Waals surface area contributed by atoms with Gasteiger partial charge in [-0.05, 0) is 85.3 Å². The molecule has 3 aliphatic heterocycles. The minimum absolute atomic E-state index is 0.0162. The van der Waals surface area contributed by atoms with E-state index < -0.39 is 30.4 Å². The monoisotopic (exact) mass is 920 g/mol. The molecule has 3 aliphatic rings. The number of aliphatic carboxylic acids is 1. The van der Waals surface area contributed by atoms with E-state index in [1.807, 2.05) is 13.0 Å². The molecule has 0 saturated carbocycles. The van der Waals surface area contributed by atoms with Crippen molar-refractivity contribution in [2.45, 2.75) is 31.9 Å². The van der Waals surface area contributed by atoms with E-state index in [0.29, 0.717) is 71.7 Å². The van der Waals surface area contributed by atoms with Gasteiger partial charge >= 0.3 is 5.97 Å². The summed E-state index contributed by atoms with van der Waals surface area (Å²) in [7, 11) is 3.61. The standard InChI is InChI=1S/C48H43ClF2N6O7S/c1-27-33-13-15-38(42(27)49)62-32(24-57-20-18-56(2)19-21-57)25-61-31-12-14-36(63-44(51)35-16-17-52-45(55-35)34-6-4-5-7-37(34)60-3)29(22-31)23-39(48(58)59)64-46-41-40(33)43(65-47(41)54-26-53-46)28-8-10-30(50)11-9-28/h4-17,22,26,32,39,44H,18-21,23-25H2,1-3H3,(H,58,59)/t32-,39-,44?/m1/s1. The van der Waals surface area contributed by atoms with Crippen LogP contribution in [0.25, 0.3) is 43.2 Å². The van der Waals surface area contributed by atoms with E-state index in [9.17, 15) is 14.3 Å². The van der Waals surface area contributed by atoms with Crippen molar-refractivity contribution < 1.29 is 42.4 Å². The summed E-state index contributed by atoms with van der Waals surface area (Å²) < 4.78 is 61.6. The first-order valence-corrected chi connectivity index (χ1v) is 22.0. The summed E-state index contributed by atoms with van der Waals surface area (Å²) in [5, 5.41) is 11.6. The number of hydrogen-bond acceptors (Lipinski definition) is 13. The van der Waals surface area contributed by atoms with Crippen LogP contribution in [-0.4, -0.2) is 107 Å². The van der Waals surface area contributed by atoms with Crippen LogP contribution in [-0.2, 0) is 11.2 Å². The third-order valence-corrected chi connectivity index (χ3v) is 13.0. The SMILES string of the molecule is COc1ccccc1-c1nccc(C(F)Oc2ccc3cc2C[C@H](C(=O)O)Oc2ncnc4sc(-c5ccc(F)cc5)c(c24)-c2ccc(c(Cl)c2C)O[C@H](CN2CCN(C)CC2)CO3)n1. The number of carboxylic acids is 1. The Bertz CT molecular complexity index is 2860. The molecule has 65 heavy (non-hydrogen) atoms. The Balaban J connectivity index is 1.15. The highest BCUT2D eigenvalue weighted by molar-refractivity contribution is 7.22. The Kier molecular flexibility index (Phi) is 12.8. The molecular formula is C48H43ClF2N6O7S. The minimum atomic E-state index is -2.10. The van der Waals surface area contributed by atoms with Gasteiger partial charge in [0.15, 0.2) is 5.82 Å². The summed E-state index contributed by atoms with van der Waals surface area (Å²) >= 11 is 8.53. The molecule has 0 radical (unpaired) electrons. The fourth-order valence-electron chi connectivity index (χ4n) is 7.95. The molecule has 1 unspecified atom stereocenters. The third-order valence-electron chi connectivity index (χ3n) is 11.4. The van der Waals surface area contributed by atoms with Gasteiger partial charge in [-0.3, -0.25) is 4.90 Å². The van der Waals surface area contributed by atoms with Crippen molar-refractivity contribution >= 4 is 39.1 Å². The van der Waals surface area contributed by atoms with Gasteiger partial charge in [-0.1, -0.05) is 41.9 Å². The molecule has 1 N–H and O–H groups in total. The molecule has 3 aromatic heterocycles. The number of para-hydroxylation sites is 1. The fourth-order valence-corrected chi connectivity index (χ4v) is 9.32. The fraction of sp³-hybridized carbons (Fsp3) is 0.271. The Hall–Kier alpha value is -6.46. The summed E-state index contributed by atoms with van der Waals surface area (Å²) in [6.07, 6.45) is -1.76.